The molecule has 10 rings (SSSR count). The van der Waals surface area contributed by atoms with E-state index in [0.717, 1.165) is 93.2 Å². The van der Waals surface area contributed by atoms with Gasteiger partial charge >= 0.3 is 17.1 Å². The maximum atomic E-state index is 6.72. The predicted molar refractivity (Wildman–Crippen MR) is 274 cm³/mol. The molecule has 0 aliphatic heterocycles. The van der Waals surface area contributed by atoms with Crippen LogP contribution < -0.4 is 18.1 Å². The van der Waals surface area contributed by atoms with Crippen LogP contribution in [0, 0.1) is 13.8 Å². The van der Waals surface area contributed by atoms with E-state index in [2.05, 4.69) is 176 Å². The van der Waals surface area contributed by atoms with Crippen LogP contribution in [0.25, 0.3) is 44.5 Å². The zero-order valence-electron chi connectivity index (χ0n) is 37.3. The summed E-state index contributed by atoms with van der Waals surface area (Å²) in [5.74, 6) is 3.55. The number of hydrogen-bond donors (Lipinski definition) is 0. The minimum absolute atomic E-state index is 0. The Hall–Kier alpha value is -5.66. The van der Waals surface area contributed by atoms with E-state index >= 15 is 0 Å². The molecule has 0 spiro atoms. The maximum Gasteiger partial charge on any atom is 2.00 e. The minimum Gasteiger partial charge on any atom is -0.439 e. The fourth-order valence-corrected chi connectivity index (χ4v) is 11.9. The second kappa shape index (κ2) is 24.7. The Balaban J connectivity index is 0.000000191. The van der Waals surface area contributed by atoms with Gasteiger partial charge in [-0.15, -0.1) is 0 Å². The van der Waals surface area contributed by atoms with Crippen molar-refractivity contribution in [3.63, 3.8) is 0 Å². The average molecular weight is 947 g/mol. The normalized spacial score (nSPS) is 14.3. The van der Waals surface area contributed by atoms with Crippen LogP contribution in [0.1, 0.15) is 44.9 Å². The van der Waals surface area contributed by atoms with Gasteiger partial charge in [0.25, 0.3) is 16.8 Å². The van der Waals surface area contributed by atoms with Crippen LogP contribution in [0.5, 0.6) is 23.0 Å². The standard InChI is InChI=1S/C29H27O2P.C29H26O2P.CH3.Fe/c2*1-3-13-23(14-4-1)26-19-9-11-21-28(26)30-32(25-17-7-8-18-25)31-29-22-12-10-20-27(29)24-15-5-2-6-16-24;;/h1-6,9-16,19-22,25H,7-8,17-18H2;1-6,9-17,19-22,25H,7-8,18H2;1H3;/q;2*-1;+2. The zero-order valence-corrected chi connectivity index (χ0v) is 40.2. The first-order valence-electron chi connectivity index (χ1n) is 22.5. The van der Waals surface area contributed by atoms with Gasteiger partial charge in [-0.1, -0.05) is 225 Å². The third-order valence-corrected chi connectivity index (χ3v) is 15.3. The molecule has 0 heterocycles. The number of hydrogen-bond acceptors (Lipinski definition) is 4. The van der Waals surface area contributed by atoms with E-state index in [0.29, 0.717) is 11.3 Å². The Morgan fingerprint density at radius 1 is 0.333 bits per heavy atom. The van der Waals surface area contributed by atoms with Crippen molar-refractivity contribution in [3.05, 3.63) is 232 Å². The van der Waals surface area contributed by atoms with E-state index in [9.17, 15) is 0 Å². The molecule has 7 heteroatoms. The third-order valence-electron chi connectivity index (χ3n) is 11.7. The maximum absolute atomic E-state index is 6.72. The van der Waals surface area contributed by atoms with E-state index in [4.69, 9.17) is 18.1 Å². The van der Waals surface area contributed by atoms with E-state index in [1.165, 1.54) is 19.3 Å². The Kier molecular flexibility index (Phi) is 18.1. The van der Waals surface area contributed by atoms with Crippen molar-refractivity contribution in [2.75, 3.05) is 0 Å². The molecule has 0 saturated heterocycles. The van der Waals surface area contributed by atoms with Crippen LogP contribution in [-0.4, -0.2) is 11.3 Å². The molecule has 2 aliphatic carbocycles. The van der Waals surface area contributed by atoms with Gasteiger partial charge in [-0.05, 0) is 59.4 Å². The second-order valence-corrected chi connectivity index (χ2v) is 19.3. The van der Waals surface area contributed by atoms with E-state index in [1.54, 1.807) is 0 Å². The quantitative estimate of drug-likeness (QED) is 0.0618. The van der Waals surface area contributed by atoms with Gasteiger partial charge in [0.2, 0.25) is 0 Å². The molecule has 4 nitrogen and oxygen atoms in total. The molecule has 334 valence electrons. The molecule has 8 aromatic rings. The van der Waals surface area contributed by atoms with Crippen LogP contribution in [-0.2, 0) is 17.1 Å². The van der Waals surface area contributed by atoms with E-state index in [-0.39, 0.29) is 24.5 Å². The van der Waals surface area contributed by atoms with Gasteiger partial charge in [-0.2, -0.15) is 6.42 Å². The molecule has 0 bridgehead atoms. The monoisotopic (exact) mass is 946 g/mol. The molecular weight excluding hydrogens is 890 g/mol. The summed E-state index contributed by atoms with van der Waals surface area (Å²) in [4.78, 5) is 0. The summed E-state index contributed by atoms with van der Waals surface area (Å²) in [7, 11) is -2.31. The van der Waals surface area contributed by atoms with Gasteiger partial charge < -0.3 is 31.9 Å². The fourth-order valence-electron chi connectivity index (χ4n) is 8.38. The molecule has 2 saturated carbocycles. The van der Waals surface area contributed by atoms with Crippen LogP contribution in [0.2, 0.25) is 0 Å². The van der Waals surface area contributed by atoms with Gasteiger partial charge in [0.05, 0.1) is 5.66 Å². The first-order chi connectivity index (χ1) is 31.8. The first kappa shape index (κ1) is 48.3. The molecule has 2 aliphatic rings. The van der Waals surface area contributed by atoms with E-state index < -0.39 is 16.8 Å². The van der Waals surface area contributed by atoms with Gasteiger partial charge in [-0.3, -0.25) is 0 Å². The van der Waals surface area contributed by atoms with Gasteiger partial charge in [-0.25, -0.2) is 0 Å². The van der Waals surface area contributed by atoms with Gasteiger partial charge in [0.15, 0.2) is 0 Å². The topological polar surface area (TPSA) is 36.9 Å². The SMILES string of the molecule is [CH3-].[Fe+2].c1ccc(-c2ccccc2OP(Oc2ccccc2-c2ccccc2)C2CCCC2)cc1.c1ccc(-c2ccccc2OP(Oc2ccccc2-c2ccccc2)C2[CH-]CCC2)cc1. The predicted octanol–water partition coefficient (Wildman–Crippen LogP) is 17.7. The van der Waals surface area contributed by atoms with Crippen molar-refractivity contribution in [2.45, 2.75) is 56.3 Å². The zero-order chi connectivity index (χ0) is 43.2. The smallest absolute Gasteiger partial charge is 0.439 e. The summed E-state index contributed by atoms with van der Waals surface area (Å²) >= 11 is 0. The molecule has 1 atom stereocenters. The van der Waals surface area contributed by atoms with Crippen molar-refractivity contribution >= 4 is 16.8 Å². The fraction of sp³-hybridized carbons (Fsp3) is 0.153. The van der Waals surface area contributed by atoms with Gasteiger partial charge in [0.1, 0.15) is 23.0 Å². The summed E-state index contributed by atoms with van der Waals surface area (Å²) in [6.45, 7) is 0. The molecule has 0 radical (unpaired) electrons. The summed E-state index contributed by atoms with van der Waals surface area (Å²) in [6, 6.07) is 74.9. The molecule has 0 N–H and O–H groups in total. The Morgan fingerprint density at radius 2 is 0.621 bits per heavy atom. The van der Waals surface area contributed by atoms with Crippen molar-refractivity contribution in [1.82, 2.24) is 0 Å². The summed E-state index contributed by atoms with van der Waals surface area (Å²) < 4.78 is 26.8. The van der Waals surface area contributed by atoms with Crippen molar-refractivity contribution in [1.29, 1.82) is 0 Å². The molecular formula is C59H56FeO4P2. The Morgan fingerprint density at radius 3 is 0.924 bits per heavy atom. The van der Waals surface area contributed by atoms with Crippen LogP contribution >= 0.6 is 16.8 Å². The van der Waals surface area contributed by atoms with E-state index in [1.807, 2.05) is 48.5 Å². The Labute approximate surface area is 405 Å². The molecule has 2 fully saturated rings. The number of para-hydroxylation sites is 4. The summed E-state index contributed by atoms with van der Waals surface area (Å²) in [5, 5.41) is 0. The number of benzene rings is 8. The number of rotatable bonds is 14. The van der Waals surface area contributed by atoms with Crippen molar-refractivity contribution in [3.8, 4) is 67.5 Å². The second-order valence-electron chi connectivity index (χ2n) is 16.1. The van der Waals surface area contributed by atoms with Crippen LogP contribution in [0.15, 0.2) is 218 Å². The molecule has 1 unspecified atom stereocenters. The average Bonchev–Trinajstić information content (AvgIpc) is 4.13. The summed E-state index contributed by atoms with van der Waals surface area (Å²) in [6.07, 6.45) is 10.6. The van der Waals surface area contributed by atoms with Crippen molar-refractivity contribution < 1.29 is 35.2 Å². The minimum atomic E-state index is -1.18. The Bertz CT molecular complexity index is 2300. The third kappa shape index (κ3) is 12.4. The summed E-state index contributed by atoms with van der Waals surface area (Å²) in [5.41, 5.74) is 9.80. The van der Waals surface area contributed by atoms with Crippen LogP contribution in [0.3, 0.4) is 0 Å². The van der Waals surface area contributed by atoms with Crippen LogP contribution in [0.4, 0.5) is 0 Å². The molecule has 66 heavy (non-hydrogen) atoms. The largest absolute Gasteiger partial charge is 2.00 e. The van der Waals surface area contributed by atoms with Crippen molar-refractivity contribution in [2.24, 2.45) is 0 Å². The first-order valence-corrected chi connectivity index (χ1v) is 25.0. The molecule has 0 amide bonds. The molecule has 8 aromatic carbocycles. The molecule has 0 aromatic heterocycles. The van der Waals surface area contributed by atoms with Gasteiger partial charge in [0, 0.05) is 22.3 Å².